The fourth-order valence-electron chi connectivity index (χ4n) is 3.19. The zero-order chi connectivity index (χ0) is 18.4. The molecule has 2 nitrogen and oxygen atoms in total. The van der Waals surface area contributed by atoms with Crippen molar-refractivity contribution >= 4 is 5.91 Å². The van der Waals surface area contributed by atoms with Crippen LogP contribution in [0.1, 0.15) is 40.8 Å². The Morgan fingerprint density at radius 1 is 0.846 bits per heavy atom. The molecular formula is C24H25NO. The van der Waals surface area contributed by atoms with Crippen LogP contribution < -0.4 is 5.32 Å². The van der Waals surface area contributed by atoms with Crippen LogP contribution in [0.25, 0.3) is 0 Å². The maximum atomic E-state index is 12.7. The summed E-state index contributed by atoms with van der Waals surface area (Å²) in [5, 5.41) is 3.23. The first kappa shape index (κ1) is 17.9. The second-order valence-corrected chi connectivity index (χ2v) is 6.61. The molecule has 0 spiro atoms. The molecule has 1 N–H and O–H groups in total. The van der Waals surface area contributed by atoms with E-state index in [4.69, 9.17) is 0 Å². The van der Waals surface area contributed by atoms with Crippen molar-refractivity contribution < 1.29 is 4.79 Å². The number of rotatable bonds is 6. The third kappa shape index (κ3) is 4.40. The summed E-state index contributed by atoms with van der Waals surface area (Å²) in [5.41, 5.74) is 5.73. The molecule has 3 aromatic carbocycles. The zero-order valence-electron chi connectivity index (χ0n) is 15.4. The average molecular weight is 343 g/mol. The van der Waals surface area contributed by atoms with Gasteiger partial charge in [0.2, 0.25) is 5.91 Å². The maximum absolute atomic E-state index is 12.7. The number of carbonyl (C=O) groups excluding carboxylic acids is 1. The third-order valence-electron chi connectivity index (χ3n) is 4.73. The van der Waals surface area contributed by atoms with Gasteiger partial charge in [0.15, 0.2) is 0 Å². The van der Waals surface area contributed by atoms with E-state index >= 15 is 0 Å². The smallest absolute Gasteiger partial charge is 0.225 e. The fraction of sp³-hybridized carbons (Fsp3) is 0.208. The van der Waals surface area contributed by atoms with Gasteiger partial charge in [-0.25, -0.2) is 0 Å². The first-order valence-corrected chi connectivity index (χ1v) is 9.15. The monoisotopic (exact) mass is 343 g/mol. The second kappa shape index (κ2) is 8.48. The summed E-state index contributed by atoms with van der Waals surface area (Å²) in [7, 11) is 0. The van der Waals surface area contributed by atoms with E-state index in [1.54, 1.807) is 0 Å². The molecule has 0 fully saturated rings. The minimum Gasteiger partial charge on any atom is -0.345 e. The highest BCUT2D eigenvalue weighted by atomic mass is 16.1. The molecule has 2 heteroatoms. The summed E-state index contributed by atoms with van der Waals surface area (Å²) in [6, 6.07) is 26.5. The number of hydrogen-bond acceptors (Lipinski definition) is 1. The first-order chi connectivity index (χ1) is 12.7. The van der Waals surface area contributed by atoms with E-state index in [-0.39, 0.29) is 11.9 Å². The number of amides is 1. The van der Waals surface area contributed by atoms with Crippen molar-refractivity contribution in [3.63, 3.8) is 0 Å². The van der Waals surface area contributed by atoms with Crippen LogP contribution in [-0.4, -0.2) is 5.91 Å². The molecule has 26 heavy (non-hydrogen) atoms. The fourth-order valence-corrected chi connectivity index (χ4v) is 3.19. The minimum absolute atomic E-state index is 0.0337. The van der Waals surface area contributed by atoms with Gasteiger partial charge in [0.05, 0.1) is 12.5 Å². The Morgan fingerprint density at radius 2 is 1.46 bits per heavy atom. The highest BCUT2D eigenvalue weighted by molar-refractivity contribution is 5.79. The highest BCUT2D eigenvalue weighted by Gasteiger charge is 2.18. The predicted octanol–water partition coefficient (Wildman–Crippen LogP) is 5.01. The summed E-state index contributed by atoms with van der Waals surface area (Å²) in [6.45, 7) is 4.22. The van der Waals surface area contributed by atoms with Gasteiger partial charge in [-0.15, -0.1) is 0 Å². The lowest BCUT2D eigenvalue weighted by Crippen LogP contribution is -2.31. The lowest BCUT2D eigenvalue weighted by atomic mass is 9.94. The van der Waals surface area contributed by atoms with Gasteiger partial charge in [-0.2, -0.15) is 0 Å². The lowest BCUT2D eigenvalue weighted by Gasteiger charge is -2.22. The van der Waals surface area contributed by atoms with Crippen molar-refractivity contribution in [3.05, 3.63) is 107 Å². The molecule has 1 amide bonds. The Kier molecular flexibility index (Phi) is 5.85. The van der Waals surface area contributed by atoms with Gasteiger partial charge in [0.1, 0.15) is 0 Å². The lowest BCUT2D eigenvalue weighted by molar-refractivity contribution is -0.120. The van der Waals surface area contributed by atoms with Crippen molar-refractivity contribution in [1.82, 2.24) is 5.32 Å². The molecule has 0 aromatic heterocycles. The number of carbonyl (C=O) groups is 1. The van der Waals surface area contributed by atoms with Gasteiger partial charge in [-0.1, -0.05) is 85.8 Å². The molecule has 1 atom stereocenters. The average Bonchev–Trinajstić information content (AvgIpc) is 2.68. The molecule has 132 valence electrons. The topological polar surface area (TPSA) is 29.1 Å². The molecule has 0 bridgehead atoms. The summed E-state index contributed by atoms with van der Waals surface area (Å²) >= 11 is 0. The van der Waals surface area contributed by atoms with Crippen LogP contribution in [0.3, 0.4) is 0 Å². The molecule has 0 unspecified atom stereocenters. The number of nitrogens with one attached hydrogen (secondary N) is 1. The van der Waals surface area contributed by atoms with E-state index in [1.807, 2.05) is 42.5 Å². The van der Waals surface area contributed by atoms with Gasteiger partial charge < -0.3 is 5.32 Å². The quantitative estimate of drug-likeness (QED) is 0.670. The van der Waals surface area contributed by atoms with E-state index in [1.165, 1.54) is 11.1 Å². The maximum Gasteiger partial charge on any atom is 0.225 e. The van der Waals surface area contributed by atoms with Crippen LogP contribution in [0, 0.1) is 6.92 Å². The number of benzene rings is 3. The molecule has 0 aliphatic heterocycles. The van der Waals surface area contributed by atoms with E-state index in [9.17, 15) is 4.79 Å². The van der Waals surface area contributed by atoms with E-state index in [0.29, 0.717) is 6.42 Å². The SMILES string of the molecule is CCc1ccc(CC(=O)N[C@H](c2ccccc2)c2ccccc2C)cc1. The molecule has 0 radical (unpaired) electrons. The Balaban J connectivity index is 1.81. The van der Waals surface area contributed by atoms with Crippen LogP contribution in [0.2, 0.25) is 0 Å². The molecule has 0 saturated heterocycles. The Hall–Kier alpha value is -2.87. The van der Waals surface area contributed by atoms with Crippen molar-refractivity contribution in [3.8, 4) is 0 Å². The summed E-state index contributed by atoms with van der Waals surface area (Å²) in [5.74, 6) is 0.0337. The normalized spacial score (nSPS) is 11.8. The number of hydrogen-bond donors (Lipinski definition) is 1. The minimum atomic E-state index is -0.139. The predicted molar refractivity (Wildman–Crippen MR) is 107 cm³/mol. The van der Waals surface area contributed by atoms with Crippen LogP contribution in [0.4, 0.5) is 0 Å². The van der Waals surface area contributed by atoms with Gasteiger partial charge in [0.25, 0.3) is 0 Å². The molecule has 3 rings (SSSR count). The van der Waals surface area contributed by atoms with Crippen molar-refractivity contribution in [1.29, 1.82) is 0 Å². The highest BCUT2D eigenvalue weighted by Crippen LogP contribution is 2.25. The van der Waals surface area contributed by atoms with Crippen LogP contribution in [-0.2, 0) is 17.6 Å². The van der Waals surface area contributed by atoms with Crippen LogP contribution in [0.15, 0.2) is 78.9 Å². The molecule has 3 aromatic rings. The molecular weight excluding hydrogens is 318 g/mol. The van der Waals surface area contributed by atoms with Crippen LogP contribution >= 0.6 is 0 Å². The summed E-state index contributed by atoms with van der Waals surface area (Å²) < 4.78 is 0. The molecule has 0 aliphatic rings. The Morgan fingerprint density at radius 3 is 2.12 bits per heavy atom. The molecule has 0 saturated carbocycles. The van der Waals surface area contributed by atoms with E-state index in [0.717, 1.165) is 23.1 Å². The van der Waals surface area contributed by atoms with Gasteiger partial charge in [-0.05, 0) is 41.2 Å². The largest absolute Gasteiger partial charge is 0.345 e. The van der Waals surface area contributed by atoms with Crippen molar-refractivity contribution in [2.24, 2.45) is 0 Å². The summed E-state index contributed by atoms with van der Waals surface area (Å²) in [4.78, 5) is 12.7. The van der Waals surface area contributed by atoms with Gasteiger partial charge >= 0.3 is 0 Å². The van der Waals surface area contributed by atoms with Crippen molar-refractivity contribution in [2.75, 3.05) is 0 Å². The second-order valence-electron chi connectivity index (χ2n) is 6.61. The Bertz CT molecular complexity index is 853. The Labute approximate surface area is 155 Å². The van der Waals surface area contributed by atoms with Gasteiger partial charge in [-0.3, -0.25) is 4.79 Å². The molecule has 0 aliphatic carbocycles. The van der Waals surface area contributed by atoms with E-state index < -0.39 is 0 Å². The summed E-state index contributed by atoms with van der Waals surface area (Å²) in [6.07, 6.45) is 1.40. The molecule has 0 heterocycles. The first-order valence-electron chi connectivity index (χ1n) is 9.15. The van der Waals surface area contributed by atoms with Gasteiger partial charge in [0, 0.05) is 0 Å². The standard InChI is InChI=1S/C24H25NO/c1-3-19-13-15-20(16-14-19)17-23(26)25-24(21-10-5-4-6-11-21)22-12-8-7-9-18(22)2/h4-16,24H,3,17H2,1-2H3,(H,25,26)/t24-/m1/s1. The van der Waals surface area contributed by atoms with Crippen molar-refractivity contribution in [2.45, 2.75) is 32.7 Å². The third-order valence-corrected chi connectivity index (χ3v) is 4.73. The number of aryl methyl sites for hydroxylation is 2. The van der Waals surface area contributed by atoms with E-state index in [2.05, 4.69) is 55.6 Å². The van der Waals surface area contributed by atoms with Crippen LogP contribution in [0.5, 0.6) is 0 Å². The zero-order valence-corrected chi connectivity index (χ0v) is 15.4.